The molecule has 0 fully saturated rings. The molecule has 94 valence electrons. The van der Waals surface area contributed by atoms with Crippen molar-refractivity contribution in [1.29, 1.82) is 0 Å². The lowest BCUT2D eigenvalue weighted by Crippen LogP contribution is -2.35. The number of alkyl halides is 2. The summed E-state index contributed by atoms with van der Waals surface area (Å²) in [5, 5.41) is 10.2. The van der Waals surface area contributed by atoms with E-state index in [1.807, 2.05) is 0 Å². The third kappa shape index (κ3) is 3.40. The molecule has 0 saturated heterocycles. The third-order valence-electron chi connectivity index (χ3n) is 2.08. The second-order valence-corrected chi connectivity index (χ2v) is 4.89. The first-order valence-corrected chi connectivity index (χ1v) is 6.05. The van der Waals surface area contributed by atoms with Crippen molar-refractivity contribution >= 4 is 33.5 Å². The minimum absolute atomic E-state index is 0.0312. The van der Waals surface area contributed by atoms with E-state index < -0.39 is 16.7 Å². The molecule has 0 saturated carbocycles. The SMILES string of the molecule is CCOC(=O)C(F)(Br)C(O)c1ccc(Cl)cc1. The normalized spacial score (nSPS) is 16.1. The molecule has 0 aliphatic rings. The van der Waals surface area contributed by atoms with E-state index in [0.29, 0.717) is 5.02 Å². The van der Waals surface area contributed by atoms with Gasteiger partial charge in [0.15, 0.2) is 0 Å². The Hall–Kier alpha value is -0.650. The molecular formula is C11H11BrClFO3. The molecule has 3 nitrogen and oxygen atoms in total. The standard InChI is InChI=1S/C11H11BrClFO3/c1-2-17-10(16)11(12,14)9(15)7-3-5-8(13)6-4-7/h3-6,9,15H,2H2,1H3. The highest BCUT2D eigenvalue weighted by molar-refractivity contribution is 9.10. The van der Waals surface area contributed by atoms with E-state index in [2.05, 4.69) is 20.7 Å². The van der Waals surface area contributed by atoms with E-state index in [4.69, 9.17) is 11.6 Å². The zero-order chi connectivity index (χ0) is 13.1. The number of esters is 1. The summed E-state index contributed by atoms with van der Waals surface area (Å²) in [5.74, 6) is -1.16. The summed E-state index contributed by atoms with van der Waals surface area (Å²) in [6.45, 7) is 1.58. The Balaban J connectivity index is 2.91. The number of carbonyl (C=O) groups excluding carboxylic acids is 1. The van der Waals surface area contributed by atoms with Crippen LogP contribution in [0.4, 0.5) is 4.39 Å². The molecule has 0 aromatic heterocycles. The summed E-state index contributed by atoms with van der Waals surface area (Å²) in [7, 11) is 0. The van der Waals surface area contributed by atoms with Crippen LogP contribution in [0.15, 0.2) is 24.3 Å². The second kappa shape index (κ2) is 5.80. The molecule has 1 aromatic carbocycles. The Morgan fingerprint density at radius 3 is 2.59 bits per heavy atom. The molecular weight excluding hydrogens is 314 g/mol. The highest BCUT2D eigenvalue weighted by Crippen LogP contribution is 2.36. The quantitative estimate of drug-likeness (QED) is 0.684. The highest BCUT2D eigenvalue weighted by Gasteiger charge is 2.45. The van der Waals surface area contributed by atoms with Gasteiger partial charge in [0, 0.05) is 5.02 Å². The van der Waals surface area contributed by atoms with Gasteiger partial charge >= 0.3 is 5.97 Å². The van der Waals surface area contributed by atoms with Crippen molar-refractivity contribution in [3.05, 3.63) is 34.9 Å². The largest absolute Gasteiger partial charge is 0.463 e. The van der Waals surface area contributed by atoms with E-state index in [-0.39, 0.29) is 12.2 Å². The Labute approximate surface area is 112 Å². The molecule has 1 aromatic rings. The molecule has 2 unspecified atom stereocenters. The van der Waals surface area contributed by atoms with Crippen LogP contribution < -0.4 is 0 Å². The van der Waals surface area contributed by atoms with Gasteiger partial charge < -0.3 is 9.84 Å². The van der Waals surface area contributed by atoms with E-state index in [9.17, 15) is 14.3 Å². The predicted octanol–water partition coefficient (Wildman–Crippen LogP) is 3.00. The fourth-order valence-electron chi connectivity index (χ4n) is 1.19. The molecule has 0 amide bonds. The van der Waals surface area contributed by atoms with E-state index in [1.165, 1.54) is 24.3 Å². The number of halogens is 3. The van der Waals surface area contributed by atoms with Gasteiger partial charge in [0.1, 0.15) is 6.10 Å². The van der Waals surface area contributed by atoms with Crippen LogP contribution in [-0.4, -0.2) is 22.3 Å². The van der Waals surface area contributed by atoms with Gasteiger partial charge in [-0.25, -0.2) is 9.18 Å². The van der Waals surface area contributed by atoms with E-state index in [0.717, 1.165) is 0 Å². The number of hydrogen-bond acceptors (Lipinski definition) is 3. The lowest BCUT2D eigenvalue weighted by Gasteiger charge is -2.22. The van der Waals surface area contributed by atoms with Crippen molar-refractivity contribution in [3.8, 4) is 0 Å². The fraction of sp³-hybridized carbons (Fsp3) is 0.364. The topological polar surface area (TPSA) is 46.5 Å². The summed E-state index contributed by atoms with van der Waals surface area (Å²) >= 11 is 8.21. The molecule has 2 atom stereocenters. The van der Waals surface area contributed by atoms with Crippen molar-refractivity contribution in [2.45, 2.75) is 17.6 Å². The van der Waals surface area contributed by atoms with E-state index in [1.54, 1.807) is 6.92 Å². The Kier molecular flexibility index (Phi) is 4.91. The van der Waals surface area contributed by atoms with Gasteiger partial charge in [-0.05, 0) is 40.5 Å². The van der Waals surface area contributed by atoms with Gasteiger partial charge in [-0.15, -0.1) is 0 Å². The molecule has 0 aliphatic heterocycles. The number of carbonyl (C=O) groups is 1. The smallest absolute Gasteiger partial charge is 0.358 e. The number of aliphatic hydroxyl groups is 1. The average Bonchev–Trinajstić information content (AvgIpc) is 2.29. The minimum atomic E-state index is -2.67. The lowest BCUT2D eigenvalue weighted by molar-refractivity contribution is -0.156. The number of aliphatic hydroxyl groups excluding tert-OH is 1. The van der Waals surface area contributed by atoms with Crippen LogP contribution in [-0.2, 0) is 9.53 Å². The van der Waals surface area contributed by atoms with Gasteiger partial charge in [-0.1, -0.05) is 23.7 Å². The Bertz CT molecular complexity index is 394. The fourth-order valence-corrected chi connectivity index (χ4v) is 1.70. The monoisotopic (exact) mass is 324 g/mol. The zero-order valence-corrected chi connectivity index (χ0v) is 11.3. The van der Waals surface area contributed by atoms with Gasteiger partial charge in [0.05, 0.1) is 6.61 Å². The first kappa shape index (κ1) is 14.4. The molecule has 0 bridgehead atoms. The molecule has 0 radical (unpaired) electrons. The van der Waals surface area contributed by atoms with Crippen LogP contribution >= 0.6 is 27.5 Å². The summed E-state index contributed by atoms with van der Waals surface area (Å²) < 4.78 is 15.9. The maximum absolute atomic E-state index is 14.0. The molecule has 1 N–H and O–H groups in total. The molecule has 0 heterocycles. The molecule has 0 spiro atoms. The summed E-state index contributed by atoms with van der Waals surface area (Å²) in [6, 6.07) is 5.85. The second-order valence-electron chi connectivity index (χ2n) is 3.30. The van der Waals surface area contributed by atoms with Crippen molar-refractivity contribution in [2.75, 3.05) is 6.61 Å². The number of benzene rings is 1. The van der Waals surface area contributed by atoms with Crippen LogP contribution in [0.25, 0.3) is 0 Å². The van der Waals surface area contributed by atoms with Gasteiger partial charge in [-0.3, -0.25) is 0 Å². The number of hydrogen-bond donors (Lipinski definition) is 1. The molecule has 0 aliphatic carbocycles. The number of rotatable bonds is 4. The van der Waals surface area contributed by atoms with Gasteiger partial charge in [-0.2, -0.15) is 0 Å². The predicted molar refractivity (Wildman–Crippen MR) is 65.8 cm³/mol. The van der Waals surface area contributed by atoms with Crippen LogP contribution in [0.3, 0.4) is 0 Å². The van der Waals surface area contributed by atoms with Crippen molar-refractivity contribution in [3.63, 3.8) is 0 Å². The lowest BCUT2D eigenvalue weighted by atomic mass is 10.1. The van der Waals surface area contributed by atoms with Crippen molar-refractivity contribution in [1.82, 2.24) is 0 Å². The minimum Gasteiger partial charge on any atom is -0.463 e. The summed E-state index contributed by atoms with van der Waals surface area (Å²) in [4.78, 5) is 11.3. The first-order chi connectivity index (χ1) is 7.89. The maximum atomic E-state index is 14.0. The number of ether oxygens (including phenoxy) is 1. The van der Waals surface area contributed by atoms with Crippen LogP contribution in [0.2, 0.25) is 5.02 Å². The van der Waals surface area contributed by atoms with Crippen LogP contribution in [0.5, 0.6) is 0 Å². The van der Waals surface area contributed by atoms with Gasteiger partial charge in [0.25, 0.3) is 4.58 Å². The van der Waals surface area contributed by atoms with Crippen molar-refractivity contribution < 1.29 is 19.0 Å². The highest BCUT2D eigenvalue weighted by atomic mass is 79.9. The van der Waals surface area contributed by atoms with Crippen molar-refractivity contribution in [2.24, 2.45) is 0 Å². The maximum Gasteiger partial charge on any atom is 0.358 e. The Morgan fingerprint density at radius 1 is 1.59 bits per heavy atom. The van der Waals surface area contributed by atoms with E-state index >= 15 is 0 Å². The third-order valence-corrected chi connectivity index (χ3v) is 3.09. The Morgan fingerprint density at radius 2 is 2.12 bits per heavy atom. The van der Waals surface area contributed by atoms with Crippen LogP contribution in [0.1, 0.15) is 18.6 Å². The molecule has 1 rings (SSSR count). The van der Waals surface area contributed by atoms with Crippen LogP contribution in [0, 0.1) is 0 Å². The molecule has 6 heteroatoms. The summed E-state index contributed by atoms with van der Waals surface area (Å²) in [5.41, 5.74) is 0.224. The zero-order valence-electron chi connectivity index (χ0n) is 8.99. The molecule has 17 heavy (non-hydrogen) atoms. The first-order valence-electron chi connectivity index (χ1n) is 4.88. The average molecular weight is 326 g/mol. The summed E-state index contributed by atoms with van der Waals surface area (Å²) in [6.07, 6.45) is -1.67. The van der Waals surface area contributed by atoms with Gasteiger partial charge in [0.2, 0.25) is 0 Å².